The topological polar surface area (TPSA) is 87.3 Å². The van der Waals surface area contributed by atoms with Gasteiger partial charge in [0, 0.05) is 37.8 Å². The fraction of sp³-hybridized carbons (Fsp3) is 0.276. The van der Waals surface area contributed by atoms with Crippen LogP contribution in [-0.4, -0.2) is 38.9 Å². The Labute approximate surface area is 207 Å². The van der Waals surface area contributed by atoms with Crippen molar-refractivity contribution in [2.45, 2.75) is 33.6 Å². The molecule has 0 saturated heterocycles. The number of hydrogen-bond acceptors (Lipinski definition) is 3. The molecule has 3 amide bonds. The van der Waals surface area contributed by atoms with Gasteiger partial charge in [-0.1, -0.05) is 53.1 Å². The van der Waals surface area contributed by atoms with Gasteiger partial charge in [-0.15, -0.1) is 0 Å². The Hall–Kier alpha value is -3.93. The predicted octanol–water partition coefficient (Wildman–Crippen LogP) is 3.87. The predicted molar refractivity (Wildman–Crippen MR) is 139 cm³/mol. The first-order valence-electron chi connectivity index (χ1n) is 11.7. The van der Waals surface area contributed by atoms with Gasteiger partial charge < -0.3 is 16.0 Å². The summed E-state index contributed by atoms with van der Waals surface area (Å²) in [6.45, 7) is 5.96. The van der Waals surface area contributed by atoms with E-state index in [1.807, 2.05) is 69.3 Å². The molecule has 0 aliphatic rings. The van der Waals surface area contributed by atoms with E-state index >= 15 is 0 Å². The van der Waals surface area contributed by atoms with Crippen LogP contribution in [0.25, 0.3) is 0 Å². The molecule has 3 rings (SSSR count). The van der Waals surface area contributed by atoms with Gasteiger partial charge in [0.25, 0.3) is 17.7 Å². The standard InChI is InChI=1S/C29H33N3O3/c1-17-7-9-24(27(33)30-4)20(11-17)15-22-13-19(3)14-23(26(22)29(35)32-6)16-21-12-18(2)8-10-25(21)28(34)31-5/h7-14H,15-16H2,1-6H3,(H,30,33)(H,31,34)(H,32,35). The molecule has 0 fully saturated rings. The first kappa shape index (κ1) is 25.7. The third-order valence-corrected chi connectivity index (χ3v) is 6.13. The maximum absolute atomic E-state index is 13.2. The molecule has 0 spiro atoms. The Balaban J connectivity index is 2.18. The molecule has 6 heteroatoms. The summed E-state index contributed by atoms with van der Waals surface area (Å²) in [7, 11) is 4.83. The first-order chi connectivity index (χ1) is 16.7. The number of aryl methyl sites for hydroxylation is 3. The number of nitrogens with one attached hydrogen (secondary N) is 3. The van der Waals surface area contributed by atoms with Gasteiger partial charge >= 0.3 is 0 Å². The van der Waals surface area contributed by atoms with E-state index in [2.05, 4.69) is 16.0 Å². The molecule has 0 aliphatic carbocycles. The highest BCUT2D eigenvalue weighted by Crippen LogP contribution is 2.27. The number of rotatable bonds is 7. The lowest BCUT2D eigenvalue weighted by molar-refractivity contribution is 0.0954. The number of benzene rings is 3. The minimum atomic E-state index is -0.196. The highest BCUT2D eigenvalue weighted by molar-refractivity contribution is 5.99. The van der Waals surface area contributed by atoms with Gasteiger partial charge in [0.15, 0.2) is 0 Å². The average Bonchev–Trinajstić information content (AvgIpc) is 2.82. The Bertz CT molecular complexity index is 1210. The molecule has 35 heavy (non-hydrogen) atoms. The van der Waals surface area contributed by atoms with E-state index in [1.54, 1.807) is 21.1 Å². The molecule has 0 saturated carbocycles. The van der Waals surface area contributed by atoms with Crippen LogP contribution in [0.15, 0.2) is 48.5 Å². The van der Waals surface area contributed by atoms with Gasteiger partial charge in [0.1, 0.15) is 0 Å². The van der Waals surface area contributed by atoms with Gasteiger partial charge in [-0.3, -0.25) is 14.4 Å². The molecule has 0 aliphatic heterocycles. The molecule has 3 N–H and O–H groups in total. The highest BCUT2D eigenvalue weighted by atomic mass is 16.2. The number of carbonyl (C=O) groups excluding carboxylic acids is 3. The highest BCUT2D eigenvalue weighted by Gasteiger charge is 2.21. The van der Waals surface area contributed by atoms with Crippen molar-refractivity contribution < 1.29 is 14.4 Å². The Kier molecular flexibility index (Phi) is 8.07. The third kappa shape index (κ3) is 5.77. The van der Waals surface area contributed by atoms with E-state index in [-0.39, 0.29) is 17.7 Å². The van der Waals surface area contributed by atoms with E-state index in [9.17, 15) is 14.4 Å². The zero-order chi connectivity index (χ0) is 25.7. The number of hydrogen-bond donors (Lipinski definition) is 3. The summed E-state index contributed by atoms with van der Waals surface area (Å²) in [5.74, 6) is -0.521. The van der Waals surface area contributed by atoms with Crippen molar-refractivity contribution >= 4 is 17.7 Å². The van der Waals surface area contributed by atoms with Crippen molar-refractivity contribution in [2.24, 2.45) is 0 Å². The van der Waals surface area contributed by atoms with Gasteiger partial charge in [-0.2, -0.15) is 0 Å². The zero-order valence-corrected chi connectivity index (χ0v) is 21.3. The second-order valence-corrected chi connectivity index (χ2v) is 8.87. The van der Waals surface area contributed by atoms with E-state index in [0.717, 1.165) is 38.9 Å². The summed E-state index contributed by atoms with van der Waals surface area (Å²) < 4.78 is 0. The van der Waals surface area contributed by atoms with Crippen LogP contribution in [0.5, 0.6) is 0 Å². The van der Waals surface area contributed by atoms with Crippen molar-refractivity contribution in [3.8, 4) is 0 Å². The van der Waals surface area contributed by atoms with E-state index in [0.29, 0.717) is 29.5 Å². The van der Waals surface area contributed by atoms with Crippen LogP contribution < -0.4 is 16.0 Å². The molecule has 3 aromatic carbocycles. The van der Waals surface area contributed by atoms with Gasteiger partial charge in [0.2, 0.25) is 0 Å². The Morgan fingerprint density at radius 2 is 0.914 bits per heavy atom. The monoisotopic (exact) mass is 471 g/mol. The summed E-state index contributed by atoms with van der Waals surface area (Å²) in [6.07, 6.45) is 0.857. The zero-order valence-electron chi connectivity index (χ0n) is 21.3. The number of carbonyl (C=O) groups is 3. The summed E-state index contributed by atoms with van der Waals surface area (Å²) in [5.41, 5.74) is 8.22. The maximum Gasteiger partial charge on any atom is 0.251 e. The minimum absolute atomic E-state index is 0.163. The molecule has 182 valence electrons. The lowest BCUT2D eigenvalue weighted by atomic mass is 9.87. The fourth-order valence-electron chi connectivity index (χ4n) is 4.50. The summed E-state index contributed by atoms with van der Waals surface area (Å²) in [4.78, 5) is 38.2. The van der Waals surface area contributed by atoms with Crippen LogP contribution in [0.2, 0.25) is 0 Å². The molecule has 6 nitrogen and oxygen atoms in total. The van der Waals surface area contributed by atoms with Crippen LogP contribution in [-0.2, 0) is 12.8 Å². The molecule has 3 aromatic rings. The smallest absolute Gasteiger partial charge is 0.251 e. The van der Waals surface area contributed by atoms with E-state index < -0.39 is 0 Å². The van der Waals surface area contributed by atoms with Crippen molar-refractivity contribution in [3.05, 3.63) is 104 Å². The third-order valence-electron chi connectivity index (χ3n) is 6.13. The van der Waals surface area contributed by atoms with Crippen molar-refractivity contribution in [1.82, 2.24) is 16.0 Å². The van der Waals surface area contributed by atoms with E-state index in [1.165, 1.54) is 0 Å². The summed E-state index contributed by atoms with van der Waals surface area (Å²) in [6, 6.07) is 15.4. The molecule has 0 unspecified atom stereocenters. The normalized spacial score (nSPS) is 10.6. The molecular weight excluding hydrogens is 438 g/mol. The van der Waals surface area contributed by atoms with Gasteiger partial charge in [0.05, 0.1) is 0 Å². The van der Waals surface area contributed by atoms with Crippen LogP contribution in [0.3, 0.4) is 0 Å². The van der Waals surface area contributed by atoms with Crippen LogP contribution in [0.1, 0.15) is 70.0 Å². The minimum Gasteiger partial charge on any atom is -0.355 e. The Morgan fingerprint density at radius 1 is 0.543 bits per heavy atom. The summed E-state index contributed by atoms with van der Waals surface area (Å²) in [5, 5.41) is 8.18. The molecule has 0 bridgehead atoms. The molecule has 0 aromatic heterocycles. The lowest BCUT2D eigenvalue weighted by Gasteiger charge is -2.18. The molecule has 0 heterocycles. The second kappa shape index (κ2) is 11.0. The van der Waals surface area contributed by atoms with Gasteiger partial charge in [-0.05, 0) is 68.0 Å². The van der Waals surface area contributed by atoms with Crippen LogP contribution in [0.4, 0.5) is 0 Å². The van der Waals surface area contributed by atoms with Gasteiger partial charge in [-0.25, -0.2) is 0 Å². The quantitative estimate of drug-likeness (QED) is 0.489. The largest absolute Gasteiger partial charge is 0.355 e. The van der Waals surface area contributed by atoms with Crippen molar-refractivity contribution in [1.29, 1.82) is 0 Å². The Morgan fingerprint density at radius 3 is 1.29 bits per heavy atom. The van der Waals surface area contributed by atoms with E-state index in [4.69, 9.17) is 0 Å². The maximum atomic E-state index is 13.2. The SMILES string of the molecule is CNC(=O)c1ccc(C)cc1Cc1cc(C)cc(Cc2cc(C)ccc2C(=O)NC)c1C(=O)NC. The first-order valence-corrected chi connectivity index (χ1v) is 11.7. The second-order valence-electron chi connectivity index (χ2n) is 8.87. The molecular formula is C29H33N3O3. The fourth-order valence-corrected chi connectivity index (χ4v) is 4.50. The van der Waals surface area contributed by atoms with Crippen LogP contribution in [0, 0.1) is 20.8 Å². The van der Waals surface area contributed by atoms with Crippen molar-refractivity contribution in [2.75, 3.05) is 21.1 Å². The lowest BCUT2D eigenvalue weighted by Crippen LogP contribution is -2.24. The molecule has 0 atom stereocenters. The summed E-state index contributed by atoms with van der Waals surface area (Å²) >= 11 is 0. The van der Waals surface area contributed by atoms with Crippen LogP contribution >= 0.6 is 0 Å². The average molecular weight is 472 g/mol. The number of amides is 3. The van der Waals surface area contributed by atoms with Crippen molar-refractivity contribution in [3.63, 3.8) is 0 Å². The molecule has 0 radical (unpaired) electrons.